The molecule has 0 fully saturated rings. The van der Waals surface area contributed by atoms with E-state index in [1.807, 2.05) is 55.7 Å². The third kappa shape index (κ3) is 3.48. The molecule has 1 amide bonds. The van der Waals surface area contributed by atoms with Crippen LogP contribution in [-0.4, -0.2) is 22.8 Å². The second kappa shape index (κ2) is 6.05. The van der Waals surface area contributed by atoms with Gasteiger partial charge in [0, 0.05) is 31.9 Å². The van der Waals surface area contributed by atoms with Crippen molar-refractivity contribution in [3.05, 3.63) is 59.9 Å². The lowest BCUT2D eigenvalue weighted by Gasteiger charge is -2.17. The van der Waals surface area contributed by atoms with E-state index in [0.717, 1.165) is 17.7 Å². The molecule has 0 radical (unpaired) electrons. The van der Waals surface area contributed by atoms with Gasteiger partial charge in [-0.15, -0.1) is 0 Å². The fourth-order valence-corrected chi connectivity index (χ4v) is 1.90. The van der Waals surface area contributed by atoms with E-state index in [2.05, 4.69) is 4.98 Å². The zero-order valence-electron chi connectivity index (χ0n) is 10.6. The molecule has 18 heavy (non-hydrogen) atoms. The molecular weight excluding hydrogens is 224 g/mol. The average Bonchev–Trinajstić information content (AvgIpc) is 2.90. The highest BCUT2D eigenvalue weighted by molar-refractivity contribution is 5.76. The van der Waals surface area contributed by atoms with E-state index in [1.165, 1.54) is 0 Å². The monoisotopic (exact) mass is 242 g/mol. The van der Waals surface area contributed by atoms with Gasteiger partial charge < -0.3 is 9.88 Å². The summed E-state index contributed by atoms with van der Waals surface area (Å²) in [6.07, 6.45) is 3.20. The molecular formula is C15H18N2O. The van der Waals surface area contributed by atoms with Gasteiger partial charge in [-0.3, -0.25) is 4.79 Å². The van der Waals surface area contributed by atoms with Gasteiger partial charge in [-0.25, -0.2) is 0 Å². The molecule has 0 aliphatic rings. The third-order valence-electron chi connectivity index (χ3n) is 2.96. The van der Waals surface area contributed by atoms with Crippen molar-refractivity contribution >= 4 is 5.91 Å². The Hall–Kier alpha value is -2.03. The number of nitrogens with zero attached hydrogens (tertiary/aromatic N) is 1. The summed E-state index contributed by atoms with van der Waals surface area (Å²) in [6.45, 7) is 0.671. The van der Waals surface area contributed by atoms with Crippen molar-refractivity contribution in [2.45, 2.75) is 19.4 Å². The molecule has 0 aliphatic heterocycles. The van der Waals surface area contributed by atoms with Crippen LogP contribution in [0.15, 0.2) is 48.7 Å². The van der Waals surface area contributed by atoms with Gasteiger partial charge in [0.1, 0.15) is 0 Å². The summed E-state index contributed by atoms with van der Waals surface area (Å²) in [4.78, 5) is 16.8. The number of rotatable bonds is 5. The van der Waals surface area contributed by atoms with E-state index in [0.29, 0.717) is 13.0 Å². The molecule has 0 bridgehead atoms. The van der Waals surface area contributed by atoms with Gasteiger partial charge in [0.05, 0.1) is 0 Å². The lowest BCUT2D eigenvalue weighted by molar-refractivity contribution is -0.130. The highest BCUT2D eigenvalue weighted by atomic mass is 16.2. The van der Waals surface area contributed by atoms with Crippen molar-refractivity contribution in [1.82, 2.24) is 9.88 Å². The summed E-state index contributed by atoms with van der Waals surface area (Å²) < 4.78 is 0. The number of hydrogen-bond donors (Lipinski definition) is 1. The van der Waals surface area contributed by atoms with Crippen molar-refractivity contribution in [1.29, 1.82) is 0 Å². The standard InChI is InChI=1S/C15H18N2O/c1-17(12-13-6-3-2-4-7-13)15(18)10-9-14-8-5-11-16-14/h2-8,11,16H,9-10,12H2,1H3. The van der Waals surface area contributed by atoms with E-state index >= 15 is 0 Å². The highest BCUT2D eigenvalue weighted by Gasteiger charge is 2.09. The minimum absolute atomic E-state index is 0.174. The van der Waals surface area contributed by atoms with E-state index in [-0.39, 0.29) is 5.91 Å². The van der Waals surface area contributed by atoms with Gasteiger partial charge in [0.2, 0.25) is 5.91 Å². The Labute approximate surface area is 107 Å². The molecule has 0 aliphatic carbocycles. The SMILES string of the molecule is CN(Cc1ccccc1)C(=O)CCc1ccc[nH]1. The van der Waals surface area contributed by atoms with Gasteiger partial charge in [0.15, 0.2) is 0 Å². The maximum absolute atomic E-state index is 12.0. The summed E-state index contributed by atoms with van der Waals surface area (Å²) in [7, 11) is 1.85. The van der Waals surface area contributed by atoms with Crippen LogP contribution in [-0.2, 0) is 17.8 Å². The Bertz CT molecular complexity index is 476. The number of H-pyrrole nitrogens is 1. The van der Waals surface area contributed by atoms with Crippen molar-refractivity contribution in [3.8, 4) is 0 Å². The number of nitrogens with one attached hydrogen (secondary N) is 1. The molecule has 94 valence electrons. The van der Waals surface area contributed by atoms with Crippen LogP contribution in [0.1, 0.15) is 17.7 Å². The van der Waals surface area contributed by atoms with Crippen LogP contribution in [0.25, 0.3) is 0 Å². The Morgan fingerprint density at radius 1 is 1.17 bits per heavy atom. The number of benzene rings is 1. The van der Waals surface area contributed by atoms with E-state index in [4.69, 9.17) is 0 Å². The molecule has 0 atom stereocenters. The number of aryl methyl sites for hydroxylation is 1. The van der Waals surface area contributed by atoms with Crippen molar-refractivity contribution in [2.75, 3.05) is 7.05 Å². The molecule has 1 heterocycles. The second-order valence-corrected chi connectivity index (χ2v) is 4.43. The van der Waals surface area contributed by atoms with Gasteiger partial charge in [0.25, 0.3) is 0 Å². The Balaban J connectivity index is 1.82. The lowest BCUT2D eigenvalue weighted by atomic mass is 10.2. The highest BCUT2D eigenvalue weighted by Crippen LogP contribution is 2.06. The van der Waals surface area contributed by atoms with Crippen LogP contribution in [0.5, 0.6) is 0 Å². The minimum Gasteiger partial charge on any atom is -0.365 e. The molecule has 2 rings (SSSR count). The van der Waals surface area contributed by atoms with Gasteiger partial charge in [-0.2, -0.15) is 0 Å². The zero-order valence-corrected chi connectivity index (χ0v) is 10.6. The average molecular weight is 242 g/mol. The molecule has 3 nitrogen and oxygen atoms in total. The van der Waals surface area contributed by atoms with Crippen LogP contribution >= 0.6 is 0 Å². The van der Waals surface area contributed by atoms with E-state index in [1.54, 1.807) is 4.90 Å². The first-order valence-corrected chi connectivity index (χ1v) is 6.16. The third-order valence-corrected chi connectivity index (χ3v) is 2.96. The van der Waals surface area contributed by atoms with Gasteiger partial charge in [-0.05, 0) is 24.1 Å². The lowest BCUT2D eigenvalue weighted by Crippen LogP contribution is -2.26. The van der Waals surface area contributed by atoms with E-state index in [9.17, 15) is 4.79 Å². The molecule has 1 N–H and O–H groups in total. The largest absolute Gasteiger partial charge is 0.365 e. The Morgan fingerprint density at radius 3 is 2.61 bits per heavy atom. The Kier molecular flexibility index (Phi) is 4.18. The molecule has 0 saturated heterocycles. The quantitative estimate of drug-likeness (QED) is 0.859. The van der Waals surface area contributed by atoms with Crippen LogP contribution in [0.4, 0.5) is 0 Å². The van der Waals surface area contributed by atoms with E-state index < -0.39 is 0 Å². The Morgan fingerprint density at radius 2 is 1.94 bits per heavy atom. The van der Waals surface area contributed by atoms with Crippen molar-refractivity contribution in [3.63, 3.8) is 0 Å². The fourth-order valence-electron chi connectivity index (χ4n) is 1.90. The fraction of sp³-hybridized carbons (Fsp3) is 0.267. The predicted molar refractivity (Wildman–Crippen MR) is 72.0 cm³/mol. The summed E-state index contributed by atoms with van der Waals surface area (Å²) in [5.41, 5.74) is 2.27. The number of aromatic nitrogens is 1. The normalized spacial score (nSPS) is 10.3. The number of amides is 1. The van der Waals surface area contributed by atoms with Gasteiger partial charge in [-0.1, -0.05) is 30.3 Å². The van der Waals surface area contributed by atoms with Crippen molar-refractivity contribution < 1.29 is 4.79 Å². The number of hydrogen-bond acceptors (Lipinski definition) is 1. The molecule has 3 heteroatoms. The maximum Gasteiger partial charge on any atom is 0.222 e. The summed E-state index contributed by atoms with van der Waals surface area (Å²) >= 11 is 0. The zero-order chi connectivity index (χ0) is 12.8. The second-order valence-electron chi connectivity index (χ2n) is 4.43. The first-order valence-electron chi connectivity index (χ1n) is 6.16. The number of carbonyl (C=O) groups is 1. The molecule has 1 aromatic carbocycles. The summed E-state index contributed by atoms with van der Waals surface area (Å²) in [5.74, 6) is 0.174. The molecule has 0 unspecified atom stereocenters. The smallest absolute Gasteiger partial charge is 0.222 e. The van der Waals surface area contributed by atoms with Crippen LogP contribution in [0, 0.1) is 0 Å². The minimum atomic E-state index is 0.174. The molecule has 1 aromatic heterocycles. The molecule has 0 saturated carbocycles. The first-order chi connectivity index (χ1) is 8.75. The number of carbonyl (C=O) groups excluding carboxylic acids is 1. The predicted octanol–water partition coefficient (Wildman–Crippen LogP) is 2.61. The van der Waals surface area contributed by atoms with Crippen molar-refractivity contribution in [2.24, 2.45) is 0 Å². The molecule has 2 aromatic rings. The summed E-state index contributed by atoms with van der Waals surface area (Å²) in [5, 5.41) is 0. The topological polar surface area (TPSA) is 36.1 Å². The maximum atomic E-state index is 12.0. The van der Waals surface area contributed by atoms with Gasteiger partial charge >= 0.3 is 0 Å². The molecule has 0 spiro atoms. The first kappa shape index (κ1) is 12.4. The van der Waals surface area contributed by atoms with Crippen LogP contribution in [0.3, 0.4) is 0 Å². The van der Waals surface area contributed by atoms with Crippen LogP contribution in [0.2, 0.25) is 0 Å². The number of aromatic amines is 1. The van der Waals surface area contributed by atoms with Crippen LogP contribution < -0.4 is 0 Å². The summed E-state index contributed by atoms with van der Waals surface area (Å²) in [6, 6.07) is 14.0.